The van der Waals surface area contributed by atoms with Crippen molar-refractivity contribution in [3.63, 3.8) is 0 Å². The lowest BCUT2D eigenvalue weighted by Gasteiger charge is -2.23. The number of rotatable bonds is 6. The van der Waals surface area contributed by atoms with E-state index in [1.165, 1.54) is 18.9 Å². The molecule has 0 saturated heterocycles. The molecule has 0 radical (unpaired) electrons. The van der Waals surface area contributed by atoms with Crippen LogP contribution in [0.2, 0.25) is 0 Å². The van der Waals surface area contributed by atoms with Gasteiger partial charge in [-0.15, -0.1) is 0 Å². The quantitative estimate of drug-likeness (QED) is 0.862. The smallest absolute Gasteiger partial charge is 0.244 e. The Morgan fingerprint density at radius 3 is 2.35 bits per heavy atom. The summed E-state index contributed by atoms with van der Waals surface area (Å²) in [5.74, 6) is 0.594. The molecule has 0 saturated carbocycles. The number of benzene rings is 2. The Morgan fingerprint density at radius 2 is 1.77 bits per heavy atom. The number of methoxy groups -OCH3 is 2. The second-order valence-electron chi connectivity index (χ2n) is 6.01. The van der Waals surface area contributed by atoms with E-state index in [9.17, 15) is 9.59 Å². The zero-order valence-electron chi connectivity index (χ0n) is 15.8. The number of amides is 2. The van der Waals surface area contributed by atoms with Crippen molar-refractivity contribution in [2.24, 2.45) is 0 Å². The van der Waals surface area contributed by atoms with Gasteiger partial charge in [-0.2, -0.15) is 0 Å². The molecule has 138 valence electrons. The first-order valence-electron chi connectivity index (χ1n) is 8.23. The second-order valence-corrected chi connectivity index (χ2v) is 6.01. The summed E-state index contributed by atoms with van der Waals surface area (Å²) in [5, 5.41) is 2.79. The van der Waals surface area contributed by atoms with Crippen molar-refractivity contribution in [3.05, 3.63) is 47.5 Å². The fraction of sp³-hybridized carbons (Fsp3) is 0.300. The van der Waals surface area contributed by atoms with E-state index in [2.05, 4.69) is 5.32 Å². The van der Waals surface area contributed by atoms with Crippen LogP contribution < -0.4 is 19.7 Å². The average Bonchev–Trinajstić information content (AvgIpc) is 2.60. The molecule has 2 rings (SSSR count). The third-order valence-corrected chi connectivity index (χ3v) is 4.01. The number of hydrogen-bond acceptors (Lipinski definition) is 4. The number of carbonyl (C=O) groups is 2. The highest BCUT2D eigenvalue weighted by Gasteiger charge is 2.18. The zero-order valence-corrected chi connectivity index (χ0v) is 15.8. The summed E-state index contributed by atoms with van der Waals surface area (Å²) in [4.78, 5) is 26.0. The number of carbonyl (C=O) groups excluding carboxylic acids is 2. The van der Waals surface area contributed by atoms with E-state index < -0.39 is 0 Å². The van der Waals surface area contributed by atoms with Crippen molar-refractivity contribution in [2.45, 2.75) is 20.8 Å². The molecule has 0 aliphatic carbocycles. The summed E-state index contributed by atoms with van der Waals surface area (Å²) in [5.41, 5.74) is 3.28. The molecule has 0 heterocycles. The van der Waals surface area contributed by atoms with Gasteiger partial charge in [0.25, 0.3) is 0 Å². The Morgan fingerprint density at radius 1 is 1.04 bits per heavy atom. The molecule has 6 nitrogen and oxygen atoms in total. The van der Waals surface area contributed by atoms with Crippen LogP contribution in [0.5, 0.6) is 11.5 Å². The molecule has 6 heteroatoms. The highest BCUT2D eigenvalue weighted by molar-refractivity contribution is 6.02. The Bertz CT molecular complexity index is 817. The maximum absolute atomic E-state index is 12.5. The van der Waals surface area contributed by atoms with Crippen molar-refractivity contribution in [1.82, 2.24) is 0 Å². The fourth-order valence-electron chi connectivity index (χ4n) is 2.71. The van der Waals surface area contributed by atoms with Gasteiger partial charge in [0.1, 0.15) is 18.0 Å². The summed E-state index contributed by atoms with van der Waals surface area (Å²) < 4.78 is 10.4. The van der Waals surface area contributed by atoms with Crippen LogP contribution in [-0.4, -0.2) is 32.6 Å². The van der Waals surface area contributed by atoms with Gasteiger partial charge in [0.2, 0.25) is 11.8 Å². The van der Waals surface area contributed by atoms with Crippen LogP contribution in [0.3, 0.4) is 0 Å². The summed E-state index contributed by atoms with van der Waals surface area (Å²) in [6.45, 7) is 5.26. The first kappa shape index (κ1) is 19.3. The molecule has 0 spiro atoms. The fourth-order valence-corrected chi connectivity index (χ4v) is 2.71. The minimum atomic E-state index is -0.316. The number of anilines is 2. The lowest BCUT2D eigenvalue weighted by molar-refractivity contribution is -0.120. The Kier molecular flexibility index (Phi) is 6.22. The molecule has 0 aliphatic rings. The van der Waals surface area contributed by atoms with E-state index >= 15 is 0 Å². The lowest BCUT2D eigenvalue weighted by Crippen LogP contribution is -2.37. The third-order valence-electron chi connectivity index (χ3n) is 4.01. The van der Waals surface area contributed by atoms with E-state index in [1.807, 2.05) is 32.0 Å². The molecule has 2 amide bonds. The summed E-state index contributed by atoms with van der Waals surface area (Å²) in [7, 11) is 3.07. The molecule has 0 fully saturated rings. The van der Waals surface area contributed by atoms with E-state index in [4.69, 9.17) is 9.47 Å². The van der Waals surface area contributed by atoms with Gasteiger partial charge in [0, 0.05) is 18.7 Å². The van der Waals surface area contributed by atoms with Crippen LogP contribution in [0.15, 0.2) is 36.4 Å². The van der Waals surface area contributed by atoms with Gasteiger partial charge in [-0.1, -0.05) is 17.7 Å². The summed E-state index contributed by atoms with van der Waals surface area (Å²) >= 11 is 0. The Labute approximate surface area is 153 Å². The zero-order chi connectivity index (χ0) is 19.3. The SMILES string of the molecule is COc1ccc(NC(=O)CN(C(C)=O)c2ccc(C)cc2C)c(OC)c1. The van der Waals surface area contributed by atoms with E-state index in [-0.39, 0.29) is 18.4 Å². The van der Waals surface area contributed by atoms with Gasteiger partial charge >= 0.3 is 0 Å². The molecular weight excluding hydrogens is 332 g/mol. The first-order chi connectivity index (χ1) is 12.3. The highest BCUT2D eigenvalue weighted by atomic mass is 16.5. The largest absolute Gasteiger partial charge is 0.497 e. The lowest BCUT2D eigenvalue weighted by atomic mass is 10.1. The van der Waals surface area contributed by atoms with Crippen molar-refractivity contribution >= 4 is 23.2 Å². The van der Waals surface area contributed by atoms with Crippen molar-refractivity contribution < 1.29 is 19.1 Å². The van der Waals surface area contributed by atoms with Gasteiger partial charge in [0.05, 0.1) is 19.9 Å². The average molecular weight is 356 g/mol. The third kappa shape index (κ3) is 4.53. The topological polar surface area (TPSA) is 67.9 Å². The van der Waals surface area contributed by atoms with Crippen LogP contribution >= 0.6 is 0 Å². The standard InChI is InChI=1S/C20H24N2O4/c1-13-6-9-18(14(2)10-13)22(15(3)23)12-20(24)21-17-8-7-16(25-4)11-19(17)26-5/h6-11H,12H2,1-5H3,(H,21,24). The molecule has 2 aromatic rings. The number of hydrogen-bond donors (Lipinski definition) is 1. The molecule has 2 aromatic carbocycles. The maximum atomic E-state index is 12.5. The molecule has 0 aromatic heterocycles. The predicted molar refractivity (Wildman–Crippen MR) is 102 cm³/mol. The summed E-state index contributed by atoms with van der Waals surface area (Å²) in [6, 6.07) is 10.9. The van der Waals surface area contributed by atoms with Crippen LogP contribution in [0.4, 0.5) is 11.4 Å². The minimum Gasteiger partial charge on any atom is -0.497 e. The first-order valence-corrected chi connectivity index (χ1v) is 8.23. The predicted octanol–water partition coefficient (Wildman–Crippen LogP) is 3.31. The van der Waals surface area contributed by atoms with Gasteiger partial charge in [-0.25, -0.2) is 0 Å². The molecular formula is C20H24N2O4. The van der Waals surface area contributed by atoms with Crippen molar-refractivity contribution in [2.75, 3.05) is 31.0 Å². The van der Waals surface area contributed by atoms with Crippen LogP contribution in [0, 0.1) is 13.8 Å². The normalized spacial score (nSPS) is 10.2. The van der Waals surface area contributed by atoms with Gasteiger partial charge in [-0.05, 0) is 37.6 Å². The number of ether oxygens (including phenoxy) is 2. The Hall–Kier alpha value is -3.02. The number of nitrogens with one attached hydrogen (secondary N) is 1. The van der Waals surface area contributed by atoms with E-state index in [1.54, 1.807) is 25.3 Å². The van der Waals surface area contributed by atoms with E-state index in [0.717, 1.165) is 16.8 Å². The maximum Gasteiger partial charge on any atom is 0.244 e. The van der Waals surface area contributed by atoms with Crippen LogP contribution in [0.25, 0.3) is 0 Å². The molecule has 26 heavy (non-hydrogen) atoms. The monoisotopic (exact) mass is 356 g/mol. The molecule has 0 aliphatic heterocycles. The number of aryl methyl sites for hydroxylation is 2. The van der Waals surface area contributed by atoms with Crippen LogP contribution in [0.1, 0.15) is 18.1 Å². The van der Waals surface area contributed by atoms with E-state index in [0.29, 0.717) is 17.2 Å². The van der Waals surface area contributed by atoms with Gasteiger partial charge in [0.15, 0.2) is 0 Å². The van der Waals surface area contributed by atoms with Crippen molar-refractivity contribution in [1.29, 1.82) is 0 Å². The minimum absolute atomic E-state index is 0.0889. The number of nitrogens with zero attached hydrogens (tertiary/aromatic N) is 1. The molecule has 0 atom stereocenters. The highest BCUT2D eigenvalue weighted by Crippen LogP contribution is 2.29. The van der Waals surface area contributed by atoms with Gasteiger partial charge < -0.3 is 19.7 Å². The summed E-state index contributed by atoms with van der Waals surface area (Å²) in [6.07, 6.45) is 0. The second kappa shape index (κ2) is 8.38. The van der Waals surface area contributed by atoms with Crippen molar-refractivity contribution in [3.8, 4) is 11.5 Å². The van der Waals surface area contributed by atoms with Gasteiger partial charge in [-0.3, -0.25) is 9.59 Å². The Balaban J connectivity index is 2.20. The molecule has 0 unspecified atom stereocenters. The van der Waals surface area contributed by atoms with Crippen LogP contribution in [-0.2, 0) is 9.59 Å². The molecule has 0 bridgehead atoms. The molecule has 1 N–H and O–H groups in total.